The SMILES string of the molecule is CN(C(=O)/C=C/c1ccc(C(F)(F)F)cc1)C1CC[C@@]2(O)[C@H]3Cc4cccc5c4[C@@]2(CCN3CC2CC2)C1O5. The van der Waals surface area contributed by atoms with Crippen LogP contribution in [0.5, 0.6) is 5.75 Å². The van der Waals surface area contributed by atoms with E-state index >= 15 is 0 Å². The molecular weight excluding hydrogens is 505 g/mol. The first kappa shape index (κ1) is 25.1. The molecular formula is C31H33F3N2O3. The summed E-state index contributed by atoms with van der Waals surface area (Å²) in [5.74, 6) is 1.33. The fraction of sp³-hybridized carbons (Fsp3) is 0.516. The summed E-state index contributed by atoms with van der Waals surface area (Å²) in [7, 11) is 1.76. The molecule has 1 N–H and O–H groups in total. The molecule has 39 heavy (non-hydrogen) atoms. The molecule has 2 aliphatic heterocycles. The molecule has 206 valence electrons. The van der Waals surface area contributed by atoms with E-state index in [-0.39, 0.29) is 24.1 Å². The van der Waals surface area contributed by atoms with Crippen molar-refractivity contribution < 1.29 is 27.8 Å². The minimum absolute atomic E-state index is 0.0420. The van der Waals surface area contributed by atoms with E-state index in [2.05, 4.69) is 11.0 Å². The quantitative estimate of drug-likeness (QED) is 0.556. The molecule has 1 saturated heterocycles. The summed E-state index contributed by atoms with van der Waals surface area (Å²) in [5, 5.41) is 12.6. The van der Waals surface area contributed by atoms with Crippen LogP contribution < -0.4 is 4.74 Å². The number of halogens is 3. The Bertz CT molecular complexity index is 1340. The van der Waals surface area contributed by atoms with Crippen molar-refractivity contribution in [2.45, 2.75) is 73.9 Å². The highest BCUT2D eigenvalue weighted by Crippen LogP contribution is 2.64. The van der Waals surface area contributed by atoms with Gasteiger partial charge < -0.3 is 14.7 Å². The zero-order chi connectivity index (χ0) is 27.2. The summed E-state index contributed by atoms with van der Waals surface area (Å²) < 4.78 is 45.3. The van der Waals surface area contributed by atoms with E-state index in [1.54, 1.807) is 18.0 Å². The molecule has 0 radical (unpaired) electrons. The molecule has 3 aliphatic carbocycles. The minimum Gasteiger partial charge on any atom is -0.487 e. The van der Waals surface area contributed by atoms with Crippen LogP contribution in [0.3, 0.4) is 0 Å². The molecule has 2 unspecified atom stereocenters. The number of ether oxygens (including phenoxy) is 1. The maximum atomic E-state index is 13.3. The molecule has 0 aromatic heterocycles. The van der Waals surface area contributed by atoms with Crippen molar-refractivity contribution in [3.8, 4) is 5.75 Å². The number of nitrogens with zero attached hydrogens (tertiary/aromatic N) is 2. The van der Waals surface area contributed by atoms with Crippen molar-refractivity contribution in [3.63, 3.8) is 0 Å². The van der Waals surface area contributed by atoms with E-state index in [0.29, 0.717) is 18.4 Å². The van der Waals surface area contributed by atoms with Crippen molar-refractivity contribution in [3.05, 3.63) is 70.8 Å². The highest BCUT2D eigenvalue weighted by atomic mass is 19.4. The maximum Gasteiger partial charge on any atom is 0.416 e. The molecule has 2 saturated carbocycles. The Kier molecular flexibility index (Phi) is 5.53. The van der Waals surface area contributed by atoms with E-state index in [1.165, 1.54) is 36.6 Å². The first-order valence-corrected chi connectivity index (χ1v) is 14.0. The lowest BCUT2D eigenvalue weighted by Gasteiger charge is -2.64. The maximum absolute atomic E-state index is 13.3. The number of piperidine rings is 1. The lowest BCUT2D eigenvalue weighted by atomic mass is 9.48. The summed E-state index contributed by atoms with van der Waals surface area (Å²) in [5.41, 5.74) is 0.724. The van der Waals surface area contributed by atoms with Gasteiger partial charge in [-0.2, -0.15) is 13.2 Å². The largest absolute Gasteiger partial charge is 0.487 e. The van der Waals surface area contributed by atoms with Gasteiger partial charge in [0.2, 0.25) is 5.91 Å². The molecule has 1 amide bonds. The number of carbonyl (C=O) groups excluding carboxylic acids is 1. The molecule has 7 rings (SSSR count). The number of hydrogen-bond acceptors (Lipinski definition) is 4. The summed E-state index contributed by atoms with van der Waals surface area (Å²) in [6.07, 6.45) is 3.58. The third kappa shape index (κ3) is 3.70. The first-order chi connectivity index (χ1) is 18.6. The van der Waals surface area contributed by atoms with E-state index in [1.807, 2.05) is 12.1 Å². The molecule has 3 fully saturated rings. The van der Waals surface area contributed by atoms with Crippen molar-refractivity contribution in [2.24, 2.45) is 5.92 Å². The first-order valence-electron chi connectivity index (χ1n) is 14.0. The van der Waals surface area contributed by atoms with E-state index in [4.69, 9.17) is 4.74 Å². The van der Waals surface area contributed by atoms with Crippen LogP contribution in [0, 0.1) is 5.92 Å². The number of rotatable bonds is 5. The molecule has 1 spiro atoms. The van der Waals surface area contributed by atoms with Gasteiger partial charge in [-0.15, -0.1) is 0 Å². The van der Waals surface area contributed by atoms with Gasteiger partial charge in [0.05, 0.1) is 22.6 Å². The second-order valence-corrected chi connectivity index (χ2v) is 12.1. The standard InChI is InChI=1S/C31H33F3N2O3/c1-35(26(37)12-9-19-7-10-22(11-8-19)31(32,33)34)23-13-14-30(38)25-17-21-3-2-4-24-27(21)29(30,28(23)39-24)15-16-36(25)18-20-5-6-20/h2-4,7-12,20,23,25,28,38H,5-6,13-18H2,1H3/b12-9+/t23?,25-,28?,29+,30-/m1/s1. The van der Waals surface area contributed by atoms with Gasteiger partial charge in [-0.05, 0) is 86.4 Å². The van der Waals surface area contributed by atoms with Crippen molar-refractivity contribution >= 4 is 12.0 Å². The molecule has 2 aromatic rings. The summed E-state index contributed by atoms with van der Waals surface area (Å²) in [4.78, 5) is 17.6. The van der Waals surface area contributed by atoms with Crippen molar-refractivity contribution in [1.29, 1.82) is 0 Å². The number of likely N-dealkylation sites (tertiary alicyclic amines) is 1. The van der Waals surface area contributed by atoms with Gasteiger partial charge in [0.25, 0.3) is 0 Å². The van der Waals surface area contributed by atoms with E-state index < -0.39 is 22.8 Å². The number of amides is 1. The van der Waals surface area contributed by atoms with E-state index in [9.17, 15) is 23.1 Å². The predicted octanol–water partition coefficient (Wildman–Crippen LogP) is 4.81. The summed E-state index contributed by atoms with van der Waals surface area (Å²) >= 11 is 0. The van der Waals surface area contributed by atoms with Gasteiger partial charge in [0.1, 0.15) is 11.9 Å². The monoisotopic (exact) mass is 538 g/mol. The van der Waals surface area contributed by atoms with Crippen LogP contribution in [-0.4, -0.2) is 64.7 Å². The Labute approximate surface area is 226 Å². The van der Waals surface area contributed by atoms with Crippen LogP contribution in [0.15, 0.2) is 48.5 Å². The summed E-state index contributed by atoms with van der Waals surface area (Å²) in [6, 6.07) is 10.8. The van der Waals surface area contributed by atoms with Crippen LogP contribution in [0.25, 0.3) is 6.08 Å². The highest BCUT2D eigenvalue weighted by molar-refractivity contribution is 5.92. The predicted molar refractivity (Wildman–Crippen MR) is 140 cm³/mol. The molecule has 8 heteroatoms. The molecule has 5 atom stereocenters. The topological polar surface area (TPSA) is 53.0 Å². The molecule has 5 nitrogen and oxygen atoms in total. The average Bonchev–Trinajstić information content (AvgIpc) is 3.66. The lowest BCUT2D eigenvalue weighted by Crippen LogP contribution is -2.78. The van der Waals surface area contributed by atoms with Gasteiger partial charge in [-0.25, -0.2) is 0 Å². The normalized spacial score (nSPS) is 33.1. The third-order valence-electron chi connectivity index (χ3n) is 10.1. The second-order valence-electron chi connectivity index (χ2n) is 12.1. The zero-order valence-corrected chi connectivity index (χ0v) is 22.0. The Morgan fingerprint density at radius 3 is 2.64 bits per heavy atom. The Balaban J connectivity index is 1.17. The number of carbonyl (C=O) groups is 1. The van der Waals surface area contributed by atoms with Crippen LogP contribution in [0.2, 0.25) is 0 Å². The number of likely N-dealkylation sites (N-methyl/N-ethyl adjacent to an activating group) is 1. The number of benzene rings is 2. The smallest absolute Gasteiger partial charge is 0.416 e. The van der Waals surface area contributed by atoms with Crippen LogP contribution in [0.4, 0.5) is 13.2 Å². The van der Waals surface area contributed by atoms with Gasteiger partial charge in [0.15, 0.2) is 0 Å². The fourth-order valence-corrected chi connectivity index (χ4v) is 8.05. The van der Waals surface area contributed by atoms with E-state index in [0.717, 1.165) is 55.3 Å². The van der Waals surface area contributed by atoms with Crippen LogP contribution >= 0.6 is 0 Å². The Morgan fingerprint density at radius 1 is 1.15 bits per heavy atom. The van der Waals surface area contributed by atoms with Gasteiger partial charge in [-0.3, -0.25) is 9.69 Å². The van der Waals surface area contributed by atoms with Crippen LogP contribution in [-0.2, 0) is 22.8 Å². The fourth-order valence-electron chi connectivity index (χ4n) is 8.05. The number of aliphatic hydroxyl groups is 1. The molecule has 5 aliphatic rings. The molecule has 2 bridgehead atoms. The minimum atomic E-state index is -4.40. The average molecular weight is 539 g/mol. The second kappa shape index (κ2) is 8.58. The highest BCUT2D eigenvalue weighted by Gasteiger charge is 2.73. The lowest BCUT2D eigenvalue weighted by molar-refractivity contribution is -0.200. The van der Waals surface area contributed by atoms with Crippen LogP contribution in [0.1, 0.15) is 54.4 Å². The molecule has 2 heterocycles. The Morgan fingerprint density at radius 2 is 1.92 bits per heavy atom. The van der Waals surface area contributed by atoms with Crippen molar-refractivity contribution in [1.82, 2.24) is 9.80 Å². The van der Waals surface area contributed by atoms with Gasteiger partial charge in [-0.1, -0.05) is 24.3 Å². The summed E-state index contributed by atoms with van der Waals surface area (Å²) in [6.45, 7) is 1.95. The van der Waals surface area contributed by atoms with Crippen molar-refractivity contribution in [2.75, 3.05) is 20.1 Å². The number of hydrogen-bond donors (Lipinski definition) is 1. The van der Waals surface area contributed by atoms with Gasteiger partial charge in [0, 0.05) is 31.3 Å². The molecule has 2 aromatic carbocycles. The third-order valence-corrected chi connectivity index (χ3v) is 10.1. The number of alkyl halides is 3. The van der Waals surface area contributed by atoms with Gasteiger partial charge >= 0.3 is 6.18 Å². The zero-order valence-electron chi connectivity index (χ0n) is 22.0. The Hall–Kier alpha value is -2.84.